The van der Waals surface area contributed by atoms with E-state index < -0.39 is 35.4 Å². The summed E-state index contributed by atoms with van der Waals surface area (Å²) in [5, 5.41) is 13.2. The molecule has 128 valence electrons. The number of nitrogens with zero attached hydrogens (tertiary/aromatic N) is 1. The average Bonchev–Trinajstić information content (AvgIpc) is 2.96. The number of carbonyl (C=O) groups excluding carboxylic acids is 3. The van der Waals surface area contributed by atoms with E-state index in [1.807, 2.05) is 0 Å². The van der Waals surface area contributed by atoms with Crippen LogP contribution in [0, 0.1) is 10.1 Å². The van der Waals surface area contributed by atoms with Crippen molar-refractivity contribution in [2.24, 2.45) is 0 Å². The lowest BCUT2D eigenvalue weighted by Crippen LogP contribution is -2.33. The molecule has 1 N–H and O–H groups in total. The van der Waals surface area contributed by atoms with Gasteiger partial charge in [0.15, 0.2) is 5.75 Å². The maximum absolute atomic E-state index is 12.0. The summed E-state index contributed by atoms with van der Waals surface area (Å²) in [5.41, 5.74) is -0.392. The van der Waals surface area contributed by atoms with Gasteiger partial charge in [-0.1, -0.05) is 0 Å². The van der Waals surface area contributed by atoms with Gasteiger partial charge in [-0.15, -0.1) is 0 Å². The van der Waals surface area contributed by atoms with Crippen LogP contribution in [0.2, 0.25) is 0 Å². The van der Waals surface area contributed by atoms with Crippen molar-refractivity contribution < 1.29 is 33.5 Å². The molecule has 1 aromatic rings. The van der Waals surface area contributed by atoms with Crippen molar-refractivity contribution in [2.75, 3.05) is 20.3 Å². The normalized spacial score (nSPS) is 16.2. The Morgan fingerprint density at radius 3 is 2.79 bits per heavy atom. The summed E-state index contributed by atoms with van der Waals surface area (Å²) in [6.45, 7) is -0.304. The number of nitro groups is 1. The number of methoxy groups -OCH3 is 1. The summed E-state index contributed by atoms with van der Waals surface area (Å²) < 4.78 is 14.3. The van der Waals surface area contributed by atoms with Crippen molar-refractivity contribution in [3.05, 3.63) is 33.9 Å². The molecule has 1 aliphatic heterocycles. The van der Waals surface area contributed by atoms with Crippen molar-refractivity contribution >= 4 is 23.5 Å². The van der Waals surface area contributed by atoms with Crippen molar-refractivity contribution in [3.63, 3.8) is 0 Å². The highest BCUT2D eigenvalue weighted by Crippen LogP contribution is 2.27. The van der Waals surface area contributed by atoms with Crippen LogP contribution in [0.3, 0.4) is 0 Å². The largest absolute Gasteiger partial charge is 0.490 e. The Kier molecular flexibility index (Phi) is 5.30. The van der Waals surface area contributed by atoms with Crippen LogP contribution in [-0.2, 0) is 19.1 Å². The molecule has 2 rings (SSSR count). The van der Waals surface area contributed by atoms with Gasteiger partial charge in [-0.25, -0.2) is 4.79 Å². The van der Waals surface area contributed by atoms with Gasteiger partial charge >= 0.3 is 17.6 Å². The third-order valence-electron chi connectivity index (χ3n) is 3.19. The van der Waals surface area contributed by atoms with Gasteiger partial charge in [-0.05, 0) is 12.1 Å². The zero-order chi connectivity index (χ0) is 17.7. The average molecular weight is 338 g/mol. The van der Waals surface area contributed by atoms with Gasteiger partial charge in [-0.3, -0.25) is 19.7 Å². The molecular formula is C14H14N2O8. The predicted molar refractivity (Wildman–Crippen MR) is 77.4 cm³/mol. The fraction of sp³-hybridized carbons (Fsp3) is 0.357. The SMILES string of the molecule is COc1ccc(C(=O)NCC(=O)O[C@@H]2CCOC2=O)cc1[N+](=O)[O-]. The maximum atomic E-state index is 12.0. The van der Waals surface area contributed by atoms with E-state index in [4.69, 9.17) is 9.47 Å². The minimum Gasteiger partial charge on any atom is -0.490 e. The highest BCUT2D eigenvalue weighted by molar-refractivity contribution is 5.97. The number of rotatable bonds is 6. The number of esters is 2. The summed E-state index contributed by atoms with van der Waals surface area (Å²) in [5.74, 6) is -2.13. The van der Waals surface area contributed by atoms with Crippen LogP contribution >= 0.6 is 0 Å². The Morgan fingerprint density at radius 1 is 1.46 bits per heavy atom. The Morgan fingerprint density at radius 2 is 2.21 bits per heavy atom. The van der Waals surface area contributed by atoms with E-state index in [-0.39, 0.29) is 30.0 Å². The van der Waals surface area contributed by atoms with Gasteiger partial charge in [0, 0.05) is 18.1 Å². The lowest BCUT2D eigenvalue weighted by Gasteiger charge is -2.09. The minimum absolute atomic E-state index is 0.00991. The number of hydrogen-bond acceptors (Lipinski definition) is 8. The van der Waals surface area contributed by atoms with Gasteiger partial charge in [0.1, 0.15) is 6.54 Å². The zero-order valence-electron chi connectivity index (χ0n) is 12.6. The van der Waals surface area contributed by atoms with Gasteiger partial charge in [-0.2, -0.15) is 0 Å². The number of amides is 1. The lowest BCUT2D eigenvalue weighted by atomic mass is 10.1. The van der Waals surface area contributed by atoms with Crippen LogP contribution in [-0.4, -0.2) is 49.1 Å². The van der Waals surface area contributed by atoms with Gasteiger partial charge in [0.2, 0.25) is 6.10 Å². The Labute approximate surface area is 135 Å². The summed E-state index contributed by atoms with van der Waals surface area (Å²) in [6, 6.07) is 3.63. The number of nitro benzene ring substituents is 1. The molecule has 24 heavy (non-hydrogen) atoms. The topological polar surface area (TPSA) is 134 Å². The summed E-state index contributed by atoms with van der Waals surface area (Å²) in [6.07, 6.45) is -0.695. The van der Waals surface area contributed by atoms with Crippen LogP contribution in [0.1, 0.15) is 16.8 Å². The molecule has 1 fully saturated rings. The second-order valence-electron chi connectivity index (χ2n) is 4.76. The van der Waals surface area contributed by atoms with Gasteiger partial charge in [0.25, 0.3) is 5.91 Å². The fourth-order valence-electron chi connectivity index (χ4n) is 2.01. The molecule has 1 aromatic carbocycles. The van der Waals surface area contributed by atoms with Crippen molar-refractivity contribution in [1.82, 2.24) is 5.32 Å². The van der Waals surface area contributed by atoms with E-state index in [0.717, 1.165) is 6.07 Å². The summed E-state index contributed by atoms with van der Waals surface area (Å²) >= 11 is 0. The van der Waals surface area contributed by atoms with E-state index in [2.05, 4.69) is 10.1 Å². The fourth-order valence-corrected chi connectivity index (χ4v) is 2.01. The smallest absolute Gasteiger partial charge is 0.347 e. The molecule has 1 saturated heterocycles. The number of carbonyl (C=O) groups is 3. The molecule has 1 atom stereocenters. The van der Waals surface area contributed by atoms with Crippen molar-refractivity contribution in [3.8, 4) is 5.75 Å². The molecule has 1 aliphatic rings. The second kappa shape index (κ2) is 7.40. The predicted octanol–water partition coefficient (Wildman–Crippen LogP) is 0.192. The third-order valence-corrected chi connectivity index (χ3v) is 3.19. The Bertz CT molecular complexity index is 687. The van der Waals surface area contributed by atoms with Crippen LogP contribution in [0.25, 0.3) is 0 Å². The molecule has 0 bridgehead atoms. The molecule has 10 heteroatoms. The monoisotopic (exact) mass is 338 g/mol. The molecule has 0 aromatic heterocycles. The highest BCUT2D eigenvalue weighted by atomic mass is 16.6. The molecule has 1 heterocycles. The molecule has 1 amide bonds. The first-order valence-corrected chi connectivity index (χ1v) is 6.89. The van der Waals surface area contributed by atoms with Crippen LogP contribution in [0.4, 0.5) is 5.69 Å². The first-order valence-electron chi connectivity index (χ1n) is 6.89. The number of cyclic esters (lactones) is 1. The van der Waals surface area contributed by atoms with Crippen LogP contribution in [0.15, 0.2) is 18.2 Å². The summed E-state index contributed by atoms with van der Waals surface area (Å²) in [4.78, 5) is 44.9. The quantitative estimate of drug-likeness (QED) is 0.441. The summed E-state index contributed by atoms with van der Waals surface area (Å²) in [7, 11) is 1.27. The number of hydrogen-bond donors (Lipinski definition) is 1. The van der Waals surface area contributed by atoms with Crippen LogP contribution in [0.5, 0.6) is 5.75 Å². The van der Waals surface area contributed by atoms with Crippen molar-refractivity contribution in [1.29, 1.82) is 0 Å². The maximum Gasteiger partial charge on any atom is 0.347 e. The van der Waals surface area contributed by atoms with Crippen molar-refractivity contribution in [2.45, 2.75) is 12.5 Å². The number of ether oxygens (including phenoxy) is 3. The molecule has 0 saturated carbocycles. The zero-order valence-corrected chi connectivity index (χ0v) is 12.6. The van der Waals surface area contributed by atoms with E-state index in [9.17, 15) is 24.5 Å². The minimum atomic E-state index is -0.962. The second-order valence-corrected chi connectivity index (χ2v) is 4.76. The van der Waals surface area contributed by atoms with E-state index in [1.165, 1.54) is 19.2 Å². The molecule has 10 nitrogen and oxygen atoms in total. The van der Waals surface area contributed by atoms with E-state index in [1.54, 1.807) is 0 Å². The molecule has 0 aliphatic carbocycles. The molecule has 0 radical (unpaired) electrons. The number of nitrogens with one attached hydrogen (secondary N) is 1. The van der Waals surface area contributed by atoms with E-state index in [0.29, 0.717) is 0 Å². The first kappa shape index (κ1) is 17.2. The molecule has 0 unspecified atom stereocenters. The Hall–Kier alpha value is -3.17. The van der Waals surface area contributed by atoms with E-state index >= 15 is 0 Å². The Balaban J connectivity index is 1.94. The molecular weight excluding hydrogens is 324 g/mol. The van der Waals surface area contributed by atoms with Crippen LogP contribution < -0.4 is 10.1 Å². The lowest BCUT2D eigenvalue weighted by molar-refractivity contribution is -0.385. The van der Waals surface area contributed by atoms with Gasteiger partial charge < -0.3 is 19.5 Å². The third kappa shape index (κ3) is 3.97. The highest BCUT2D eigenvalue weighted by Gasteiger charge is 2.30. The first-order chi connectivity index (χ1) is 11.4. The number of benzene rings is 1. The standard InChI is InChI=1S/C14H14N2O8/c1-22-10-3-2-8(6-9(10)16(20)21)13(18)15-7-12(17)24-11-4-5-23-14(11)19/h2-3,6,11H,4-5,7H2,1H3,(H,15,18)/t11-/m1/s1. The van der Waals surface area contributed by atoms with Gasteiger partial charge in [0.05, 0.1) is 18.6 Å². The molecule has 0 spiro atoms.